The Morgan fingerprint density at radius 1 is 1.03 bits per heavy atom. The number of hydrogen-bond acceptors (Lipinski definition) is 4. The Morgan fingerprint density at radius 2 is 1.61 bits per heavy atom. The van der Waals surface area contributed by atoms with E-state index in [1.54, 1.807) is 13.0 Å². The Morgan fingerprint density at radius 3 is 2.15 bits per heavy atom. The van der Waals surface area contributed by atoms with Crippen molar-refractivity contribution < 1.29 is 24.2 Å². The van der Waals surface area contributed by atoms with Crippen molar-refractivity contribution in [3.8, 4) is 11.1 Å². The maximum atomic E-state index is 12.4. The Balaban J connectivity index is 1.51. The molecule has 2 amide bonds. The second kappa shape index (κ2) is 10.8. The van der Waals surface area contributed by atoms with Crippen LogP contribution in [-0.2, 0) is 14.3 Å². The van der Waals surface area contributed by atoms with Gasteiger partial charge in [-0.1, -0.05) is 67.1 Å². The van der Waals surface area contributed by atoms with Crippen LogP contribution in [0.15, 0.2) is 60.2 Å². The van der Waals surface area contributed by atoms with Crippen LogP contribution < -0.4 is 10.6 Å². The standard InChI is InChI=1S/C26H30N2O5/c1-16(2)12-13-23(25(30)31)28-24(29)17(3)14-27-26(32)33-15-22-20-10-6-4-8-18(20)19-9-5-7-11-21(19)22/h4-12,17,22-23H,13-15H2,1-3H3,(H,27,32)(H,28,29)(H,30,31). The number of ether oxygens (including phenoxy) is 1. The molecular weight excluding hydrogens is 420 g/mol. The summed E-state index contributed by atoms with van der Waals surface area (Å²) in [7, 11) is 0. The first-order valence-electron chi connectivity index (χ1n) is 11.0. The van der Waals surface area contributed by atoms with Crippen molar-refractivity contribution in [2.45, 2.75) is 39.2 Å². The molecule has 0 saturated carbocycles. The van der Waals surface area contributed by atoms with Crippen molar-refractivity contribution in [2.24, 2.45) is 5.92 Å². The number of alkyl carbamates (subject to hydrolysis) is 1. The zero-order valence-corrected chi connectivity index (χ0v) is 19.1. The van der Waals surface area contributed by atoms with Gasteiger partial charge in [-0.05, 0) is 42.5 Å². The first-order valence-corrected chi connectivity index (χ1v) is 11.0. The van der Waals surface area contributed by atoms with E-state index in [2.05, 4.69) is 22.8 Å². The molecule has 2 atom stereocenters. The van der Waals surface area contributed by atoms with Gasteiger partial charge in [-0.3, -0.25) is 4.79 Å². The van der Waals surface area contributed by atoms with Crippen LogP contribution in [0.2, 0.25) is 0 Å². The number of carboxylic acid groups (broad SMARTS) is 1. The summed E-state index contributed by atoms with van der Waals surface area (Å²) in [5.74, 6) is -2.20. The van der Waals surface area contributed by atoms with Gasteiger partial charge in [-0.25, -0.2) is 9.59 Å². The van der Waals surface area contributed by atoms with Crippen LogP contribution in [-0.4, -0.2) is 42.3 Å². The molecule has 0 heterocycles. The molecule has 7 heteroatoms. The molecule has 2 unspecified atom stereocenters. The number of carbonyl (C=O) groups excluding carboxylic acids is 2. The van der Waals surface area contributed by atoms with Crippen LogP contribution >= 0.6 is 0 Å². The number of benzene rings is 2. The number of hydrogen-bond donors (Lipinski definition) is 3. The highest BCUT2D eigenvalue weighted by Crippen LogP contribution is 2.44. The van der Waals surface area contributed by atoms with E-state index >= 15 is 0 Å². The third-order valence-electron chi connectivity index (χ3n) is 5.72. The Kier molecular flexibility index (Phi) is 7.87. The lowest BCUT2D eigenvalue weighted by molar-refractivity contribution is -0.142. The topological polar surface area (TPSA) is 105 Å². The number of nitrogens with one attached hydrogen (secondary N) is 2. The molecule has 0 radical (unpaired) electrons. The van der Waals surface area contributed by atoms with E-state index in [-0.39, 0.29) is 25.5 Å². The molecule has 1 aliphatic rings. The van der Waals surface area contributed by atoms with Gasteiger partial charge in [0, 0.05) is 12.5 Å². The van der Waals surface area contributed by atoms with Crippen LogP contribution in [0.25, 0.3) is 11.1 Å². The molecule has 33 heavy (non-hydrogen) atoms. The molecule has 0 saturated heterocycles. The highest BCUT2D eigenvalue weighted by Gasteiger charge is 2.29. The largest absolute Gasteiger partial charge is 0.480 e. The van der Waals surface area contributed by atoms with E-state index in [4.69, 9.17) is 4.74 Å². The molecule has 0 bridgehead atoms. The summed E-state index contributed by atoms with van der Waals surface area (Å²) in [5.41, 5.74) is 5.51. The van der Waals surface area contributed by atoms with Gasteiger partial charge >= 0.3 is 12.1 Å². The molecule has 3 rings (SSSR count). The number of rotatable bonds is 9. The van der Waals surface area contributed by atoms with Crippen molar-refractivity contribution in [3.05, 3.63) is 71.3 Å². The maximum absolute atomic E-state index is 12.4. The van der Waals surface area contributed by atoms with E-state index in [9.17, 15) is 19.5 Å². The van der Waals surface area contributed by atoms with Crippen LogP contribution in [0.5, 0.6) is 0 Å². The highest BCUT2D eigenvalue weighted by molar-refractivity contribution is 5.85. The fraction of sp³-hybridized carbons (Fsp3) is 0.346. The molecule has 0 aromatic heterocycles. The lowest BCUT2D eigenvalue weighted by Crippen LogP contribution is -2.45. The minimum Gasteiger partial charge on any atom is -0.480 e. The van der Waals surface area contributed by atoms with Crippen LogP contribution in [0.4, 0.5) is 4.79 Å². The van der Waals surface area contributed by atoms with Crippen molar-refractivity contribution in [1.29, 1.82) is 0 Å². The molecule has 2 aromatic carbocycles. The van der Waals surface area contributed by atoms with E-state index in [0.717, 1.165) is 27.8 Å². The summed E-state index contributed by atoms with van der Waals surface area (Å²) >= 11 is 0. The van der Waals surface area contributed by atoms with Gasteiger partial charge in [-0.15, -0.1) is 0 Å². The fourth-order valence-corrected chi connectivity index (χ4v) is 3.87. The Hall–Kier alpha value is -3.61. The molecule has 0 spiro atoms. The lowest BCUT2D eigenvalue weighted by Gasteiger charge is -2.18. The zero-order valence-electron chi connectivity index (χ0n) is 19.1. The monoisotopic (exact) mass is 450 g/mol. The summed E-state index contributed by atoms with van der Waals surface area (Å²) < 4.78 is 5.47. The molecule has 1 aliphatic carbocycles. The van der Waals surface area contributed by atoms with Crippen molar-refractivity contribution >= 4 is 18.0 Å². The van der Waals surface area contributed by atoms with Gasteiger partial charge in [-0.2, -0.15) is 0 Å². The summed E-state index contributed by atoms with van der Waals surface area (Å²) in [4.78, 5) is 36.1. The lowest BCUT2D eigenvalue weighted by atomic mass is 9.98. The van der Waals surface area contributed by atoms with E-state index < -0.39 is 29.9 Å². The first-order chi connectivity index (χ1) is 15.8. The van der Waals surface area contributed by atoms with Gasteiger partial charge < -0.3 is 20.5 Å². The average Bonchev–Trinajstić information content (AvgIpc) is 3.12. The van der Waals surface area contributed by atoms with Crippen LogP contribution in [0, 0.1) is 5.92 Å². The molecule has 7 nitrogen and oxygen atoms in total. The predicted molar refractivity (Wildman–Crippen MR) is 126 cm³/mol. The number of allylic oxidation sites excluding steroid dienone is 1. The van der Waals surface area contributed by atoms with Gasteiger partial charge in [0.25, 0.3) is 0 Å². The SMILES string of the molecule is CC(C)=CCC(NC(=O)C(C)CNC(=O)OCC1c2ccccc2-c2ccccc21)C(=O)O. The van der Waals surface area contributed by atoms with Crippen molar-refractivity contribution in [3.63, 3.8) is 0 Å². The van der Waals surface area contributed by atoms with E-state index in [1.165, 1.54) is 0 Å². The van der Waals surface area contributed by atoms with Gasteiger partial charge in [0.15, 0.2) is 0 Å². The van der Waals surface area contributed by atoms with Gasteiger partial charge in [0.2, 0.25) is 5.91 Å². The Labute approximate surface area is 193 Å². The van der Waals surface area contributed by atoms with Gasteiger partial charge in [0.05, 0.1) is 5.92 Å². The van der Waals surface area contributed by atoms with E-state index in [0.29, 0.717) is 0 Å². The van der Waals surface area contributed by atoms with Crippen LogP contribution in [0.3, 0.4) is 0 Å². The summed E-state index contributed by atoms with van der Waals surface area (Å²) in [5, 5.41) is 14.4. The maximum Gasteiger partial charge on any atom is 0.407 e. The third kappa shape index (κ3) is 6.00. The summed E-state index contributed by atoms with van der Waals surface area (Å²) in [6.07, 6.45) is 1.35. The molecule has 174 valence electrons. The quantitative estimate of drug-likeness (QED) is 0.499. The number of carbonyl (C=O) groups is 3. The number of carboxylic acids is 1. The number of fused-ring (bicyclic) bond motifs is 3. The van der Waals surface area contributed by atoms with Gasteiger partial charge in [0.1, 0.15) is 12.6 Å². The highest BCUT2D eigenvalue weighted by atomic mass is 16.5. The Bertz CT molecular complexity index is 1010. The molecule has 2 aromatic rings. The number of amides is 2. The normalized spacial score (nSPS) is 13.8. The van der Waals surface area contributed by atoms with Crippen LogP contribution in [0.1, 0.15) is 44.2 Å². The zero-order chi connectivity index (χ0) is 24.0. The smallest absolute Gasteiger partial charge is 0.407 e. The fourth-order valence-electron chi connectivity index (χ4n) is 3.87. The molecule has 3 N–H and O–H groups in total. The second-order valence-electron chi connectivity index (χ2n) is 8.52. The predicted octanol–water partition coefficient (Wildman–Crippen LogP) is 4.09. The number of aliphatic carboxylic acids is 1. The van der Waals surface area contributed by atoms with Crippen molar-refractivity contribution in [1.82, 2.24) is 10.6 Å². The molecule has 0 aliphatic heterocycles. The third-order valence-corrected chi connectivity index (χ3v) is 5.72. The first kappa shape index (κ1) is 24.0. The molecular formula is C26H30N2O5. The molecule has 0 fully saturated rings. The van der Waals surface area contributed by atoms with E-state index in [1.807, 2.05) is 50.2 Å². The average molecular weight is 451 g/mol. The minimum absolute atomic E-state index is 0.0392. The second-order valence-corrected chi connectivity index (χ2v) is 8.52. The minimum atomic E-state index is -1.10. The summed E-state index contributed by atoms with van der Waals surface area (Å²) in [6, 6.07) is 15.1. The summed E-state index contributed by atoms with van der Waals surface area (Å²) in [6.45, 7) is 5.57. The van der Waals surface area contributed by atoms with Crippen molar-refractivity contribution in [2.75, 3.05) is 13.2 Å².